The highest BCUT2D eigenvalue weighted by molar-refractivity contribution is 5.92. The summed E-state index contributed by atoms with van der Waals surface area (Å²) in [5.41, 5.74) is 15.3. The van der Waals surface area contributed by atoms with Gasteiger partial charge in [0, 0.05) is 48.2 Å². The Hall–Kier alpha value is -5.50. The van der Waals surface area contributed by atoms with Gasteiger partial charge in [-0.3, -0.25) is 4.79 Å². The first-order valence-corrected chi connectivity index (χ1v) is 18.2. The first-order valence-electron chi connectivity index (χ1n) is 18.2. The van der Waals surface area contributed by atoms with Gasteiger partial charge in [-0.15, -0.1) is 0 Å². The summed E-state index contributed by atoms with van der Waals surface area (Å²) in [4.78, 5) is 27.4. The number of esters is 1. The summed E-state index contributed by atoms with van der Waals surface area (Å²) in [7, 11) is 0. The van der Waals surface area contributed by atoms with Crippen LogP contribution in [0, 0.1) is 5.92 Å². The first-order chi connectivity index (χ1) is 25.9. The highest BCUT2D eigenvalue weighted by atomic mass is 16.6. The minimum Gasteiger partial charge on any atom is -0.508 e. The van der Waals surface area contributed by atoms with Crippen LogP contribution < -0.4 is 32.3 Å². The zero-order valence-electron chi connectivity index (χ0n) is 30.2. The van der Waals surface area contributed by atoms with Crippen LogP contribution in [-0.2, 0) is 29.0 Å². The molecule has 1 unspecified atom stereocenters. The number of aromatic hydroxyl groups is 2. The zero-order valence-corrected chi connectivity index (χ0v) is 30.2. The molecule has 0 radical (unpaired) electrons. The Morgan fingerprint density at radius 3 is 2.70 bits per heavy atom. The van der Waals surface area contributed by atoms with Crippen LogP contribution in [0.5, 0.6) is 17.2 Å². The summed E-state index contributed by atoms with van der Waals surface area (Å²) in [6, 6.07) is 8.03. The van der Waals surface area contributed by atoms with E-state index in [9.17, 15) is 30.0 Å². The van der Waals surface area contributed by atoms with E-state index in [-0.39, 0.29) is 63.6 Å². The molecule has 0 saturated carbocycles. The van der Waals surface area contributed by atoms with Crippen molar-refractivity contribution in [2.45, 2.75) is 76.3 Å². The molecule has 0 spiro atoms. The lowest BCUT2D eigenvalue weighted by molar-refractivity contribution is -0.165. The minimum atomic E-state index is -1.26. The Bertz CT molecular complexity index is 2220. The van der Waals surface area contributed by atoms with E-state index >= 15 is 0 Å². The van der Waals surface area contributed by atoms with Crippen LogP contribution in [0.25, 0.3) is 11.0 Å². The first kappa shape index (κ1) is 36.8. The fourth-order valence-corrected chi connectivity index (χ4v) is 8.27. The zero-order chi connectivity index (χ0) is 38.3. The number of aliphatic hydroxyl groups excluding tert-OH is 2. The van der Waals surface area contributed by atoms with E-state index in [1.807, 2.05) is 37.4 Å². The molecule has 13 heteroatoms. The monoisotopic (exact) mass is 738 g/mol. The number of benzene rings is 2. The number of carbonyl (C=O) groups excluding carboxylic acids is 1. The number of nitrogens with one attached hydrogen (secondary N) is 2. The largest absolute Gasteiger partial charge is 0.508 e. The number of fused-ring (bicyclic) bond motifs is 4. The summed E-state index contributed by atoms with van der Waals surface area (Å²) in [5.74, 6) is -1.21. The maximum absolute atomic E-state index is 13.8. The summed E-state index contributed by atoms with van der Waals surface area (Å²) >= 11 is 0. The van der Waals surface area contributed by atoms with Crippen LogP contribution >= 0.6 is 0 Å². The van der Waals surface area contributed by atoms with Crippen molar-refractivity contribution >= 4 is 16.9 Å². The quantitative estimate of drug-likeness (QED) is 0.123. The SMILES string of the molecule is C/C=C(/CO)C(=O)O[C@@H]1Cc2c3c(c4oc(CO)cc(=O)c4c2O)[C@@H](Cc2cccc(O)c2)C2=CCNC(N)=C2CC[C@@H](CC2=CNC(N)C=C2)[C@]1(C)O3. The van der Waals surface area contributed by atoms with Gasteiger partial charge >= 0.3 is 5.97 Å². The third kappa shape index (κ3) is 6.63. The summed E-state index contributed by atoms with van der Waals surface area (Å²) < 4.78 is 19.8. The van der Waals surface area contributed by atoms with E-state index in [1.165, 1.54) is 6.08 Å². The number of hydrogen-bond acceptors (Lipinski definition) is 13. The standard InChI is InChI=1S/C41H46N4O9/c1-3-23(19-46)40(51)53-32-17-30-36(50)35-31(49)16-26(20-47)52-38(35)34-29(15-21-5-4-6-25(48)14-21)27-11-12-44-39(43)28(27)9-8-24(41(32,2)54-37(30)34)13-22-7-10-33(42)45-18-22/h3-7,10-11,14,16,18,24,29,32-33,44-48,50H,8-9,12-13,15,17,19-20,42-43H2,1-2H3/b23-3-/t24-,29-,32+,33?,41-/m0/s1. The number of phenols is 2. The van der Waals surface area contributed by atoms with Gasteiger partial charge in [0.05, 0.1) is 24.2 Å². The number of aliphatic hydroxyl groups is 2. The molecule has 5 atom stereocenters. The fourth-order valence-electron chi connectivity index (χ4n) is 8.27. The number of dihydropyridines is 2. The molecule has 0 aliphatic carbocycles. The van der Waals surface area contributed by atoms with E-state index in [2.05, 4.69) is 10.6 Å². The molecule has 3 aromatic rings. The molecular weight excluding hydrogens is 692 g/mol. The highest BCUT2D eigenvalue weighted by Gasteiger charge is 2.52. The molecule has 0 amide bonds. The molecule has 1 aromatic heterocycles. The summed E-state index contributed by atoms with van der Waals surface area (Å²) in [6.45, 7) is 2.83. The lowest BCUT2D eigenvalue weighted by atomic mass is 9.70. The van der Waals surface area contributed by atoms with Gasteiger partial charge in [0.25, 0.3) is 0 Å². The van der Waals surface area contributed by atoms with Gasteiger partial charge in [-0.2, -0.15) is 0 Å². The molecule has 7 rings (SSSR count). The van der Waals surface area contributed by atoms with Crippen molar-refractivity contribution in [3.05, 3.63) is 122 Å². The van der Waals surface area contributed by atoms with Gasteiger partial charge in [0.2, 0.25) is 0 Å². The molecule has 0 saturated heterocycles. The molecule has 54 heavy (non-hydrogen) atoms. The molecule has 5 heterocycles. The number of rotatable bonds is 8. The molecule has 13 nitrogen and oxygen atoms in total. The second-order valence-electron chi connectivity index (χ2n) is 14.4. The molecule has 2 bridgehead atoms. The minimum absolute atomic E-state index is 0.00117. The Morgan fingerprint density at radius 2 is 2.00 bits per heavy atom. The van der Waals surface area contributed by atoms with Crippen molar-refractivity contribution < 1.29 is 39.1 Å². The number of ether oxygens (including phenoxy) is 2. The van der Waals surface area contributed by atoms with Crippen LogP contribution in [0.4, 0.5) is 0 Å². The average Bonchev–Trinajstić information content (AvgIpc) is 3.14. The average molecular weight is 739 g/mol. The maximum atomic E-state index is 13.8. The van der Waals surface area contributed by atoms with Gasteiger partial charge in [0.1, 0.15) is 52.3 Å². The van der Waals surface area contributed by atoms with Crippen molar-refractivity contribution in [2.75, 3.05) is 13.2 Å². The van der Waals surface area contributed by atoms with Crippen LogP contribution in [-0.4, -0.2) is 57.4 Å². The molecule has 4 aliphatic rings. The number of hydrogen-bond donors (Lipinski definition) is 8. The smallest absolute Gasteiger partial charge is 0.336 e. The predicted octanol–water partition coefficient (Wildman–Crippen LogP) is 3.39. The van der Waals surface area contributed by atoms with Crippen molar-refractivity contribution in [1.29, 1.82) is 0 Å². The lowest BCUT2D eigenvalue weighted by Gasteiger charge is -2.48. The normalized spacial score (nSPS) is 25.1. The van der Waals surface area contributed by atoms with E-state index in [0.717, 1.165) is 28.3 Å². The summed E-state index contributed by atoms with van der Waals surface area (Å²) in [6.07, 6.45) is 9.61. The molecule has 10 N–H and O–H groups in total. The van der Waals surface area contributed by atoms with E-state index in [0.29, 0.717) is 43.6 Å². The highest BCUT2D eigenvalue weighted by Crippen LogP contribution is 2.55. The topological polar surface area (TPSA) is 223 Å². The molecule has 284 valence electrons. The van der Waals surface area contributed by atoms with Crippen LogP contribution in [0.3, 0.4) is 0 Å². The van der Waals surface area contributed by atoms with Crippen molar-refractivity contribution in [2.24, 2.45) is 17.4 Å². The Labute approximate surface area is 311 Å². The Morgan fingerprint density at radius 1 is 1.19 bits per heavy atom. The Kier molecular flexibility index (Phi) is 10.1. The van der Waals surface area contributed by atoms with E-state index in [1.54, 1.807) is 25.1 Å². The van der Waals surface area contributed by atoms with E-state index < -0.39 is 42.2 Å². The number of phenolic OH excluding ortho intramolecular Hbond substituents is 2. The van der Waals surface area contributed by atoms with Crippen LogP contribution in [0.2, 0.25) is 0 Å². The number of carbonyl (C=O) groups is 1. The molecule has 4 aliphatic heterocycles. The van der Waals surface area contributed by atoms with Gasteiger partial charge in [0.15, 0.2) is 5.43 Å². The van der Waals surface area contributed by atoms with Crippen LogP contribution in [0.15, 0.2) is 98.2 Å². The second-order valence-corrected chi connectivity index (χ2v) is 14.4. The van der Waals surface area contributed by atoms with Crippen molar-refractivity contribution in [1.82, 2.24) is 10.6 Å². The number of allylic oxidation sites excluding steroid dienone is 5. The number of nitrogens with two attached hydrogens (primary N) is 2. The second kappa shape index (κ2) is 14.7. The van der Waals surface area contributed by atoms with Gasteiger partial charge in [-0.1, -0.05) is 30.4 Å². The summed E-state index contributed by atoms with van der Waals surface area (Å²) in [5, 5.41) is 49.0. The fraction of sp³-hybridized carbons (Fsp3) is 0.366. The third-order valence-corrected chi connectivity index (χ3v) is 11.2. The third-order valence-electron chi connectivity index (χ3n) is 11.2. The Balaban J connectivity index is 1.54. The van der Waals surface area contributed by atoms with Crippen LogP contribution in [0.1, 0.15) is 61.5 Å². The van der Waals surface area contributed by atoms with Gasteiger partial charge in [-0.25, -0.2) is 4.79 Å². The van der Waals surface area contributed by atoms with E-state index in [4.69, 9.17) is 25.4 Å². The van der Waals surface area contributed by atoms with Gasteiger partial charge in [-0.05, 0) is 80.0 Å². The van der Waals surface area contributed by atoms with Gasteiger partial charge < -0.3 is 56.4 Å². The predicted molar refractivity (Wildman–Crippen MR) is 201 cm³/mol. The molecule has 2 aromatic carbocycles. The molecule has 0 fully saturated rings. The molecular formula is C41H46N4O9. The van der Waals surface area contributed by atoms with Crippen molar-refractivity contribution in [3.63, 3.8) is 0 Å². The lowest BCUT2D eigenvalue weighted by Crippen LogP contribution is -2.56. The maximum Gasteiger partial charge on any atom is 0.336 e. The van der Waals surface area contributed by atoms with Crippen molar-refractivity contribution in [3.8, 4) is 17.2 Å².